The number of aliphatic carboxylic acids is 1. The number of carboxylic acid groups (broad SMARTS) is 1. The van der Waals surface area contributed by atoms with Crippen molar-refractivity contribution in [3.63, 3.8) is 0 Å². The summed E-state index contributed by atoms with van der Waals surface area (Å²) in [6, 6.07) is 0. The van der Waals surface area contributed by atoms with Crippen LogP contribution in [0.3, 0.4) is 0 Å². The van der Waals surface area contributed by atoms with Crippen LogP contribution >= 0.6 is 12.1 Å². The minimum Gasteiger partial charge on any atom is -0.480 e. The number of hydrogen-bond donors (Lipinski definition) is 2. The lowest BCUT2D eigenvalue weighted by atomic mass is 10.3. The maximum atomic E-state index is 11.9. The molecule has 1 rings (SSSR count). The first kappa shape index (κ1) is 11.4. The molecule has 0 saturated heterocycles. The van der Waals surface area contributed by atoms with Gasteiger partial charge in [-0.15, -0.1) is 0 Å². The van der Waals surface area contributed by atoms with Gasteiger partial charge in [-0.05, 0) is 0 Å². The molecule has 1 heterocycles. The molecular weight excluding hydrogens is 225 g/mol. The van der Waals surface area contributed by atoms with Crippen molar-refractivity contribution in [2.45, 2.75) is 5.16 Å². The largest absolute Gasteiger partial charge is 0.480 e. The van der Waals surface area contributed by atoms with Crippen LogP contribution < -0.4 is 5.32 Å². The summed E-state index contributed by atoms with van der Waals surface area (Å²) in [4.78, 5) is 28.4. The fourth-order valence-corrected chi connectivity index (χ4v) is 0.916. The van der Waals surface area contributed by atoms with Crippen molar-refractivity contribution in [2.75, 3.05) is 6.54 Å². The standard InChI is InChI=1S/C7H6FN3O3S/c8-15-7-10-1-4(2-11-7)6(14)9-3-5(12)13/h1-2H,3H2,(H,9,14)(H,12,13). The van der Waals surface area contributed by atoms with E-state index in [0.717, 1.165) is 12.4 Å². The van der Waals surface area contributed by atoms with Crippen molar-refractivity contribution in [1.29, 1.82) is 0 Å². The van der Waals surface area contributed by atoms with Crippen molar-refractivity contribution in [3.05, 3.63) is 18.0 Å². The van der Waals surface area contributed by atoms with E-state index in [2.05, 4.69) is 15.3 Å². The van der Waals surface area contributed by atoms with Crippen LogP contribution in [-0.2, 0) is 4.79 Å². The van der Waals surface area contributed by atoms with Crippen LogP contribution in [0.2, 0.25) is 0 Å². The maximum absolute atomic E-state index is 11.9. The molecule has 0 atom stereocenters. The van der Waals surface area contributed by atoms with Gasteiger partial charge in [-0.3, -0.25) is 9.59 Å². The Labute approximate surface area is 88.2 Å². The van der Waals surface area contributed by atoms with E-state index in [4.69, 9.17) is 5.11 Å². The van der Waals surface area contributed by atoms with Crippen LogP contribution in [0.1, 0.15) is 10.4 Å². The van der Waals surface area contributed by atoms with Crippen LogP contribution in [0.15, 0.2) is 17.6 Å². The third kappa shape index (κ3) is 3.50. The molecule has 0 aliphatic carbocycles. The highest BCUT2D eigenvalue weighted by Crippen LogP contribution is 2.11. The number of rotatable bonds is 4. The first-order valence-electron chi connectivity index (χ1n) is 3.74. The van der Waals surface area contributed by atoms with E-state index in [0.29, 0.717) is 0 Å². The molecule has 1 aromatic rings. The number of halogens is 1. The summed E-state index contributed by atoms with van der Waals surface area (Å²) >= 11 is -0.141. The molecular formula is C7H6FN3O3S. The van der Waals surface area contributed by atoms with Crippen molar-refractivity contribution >= 4 is 24.0 Å². The number of carbonyl (C=O) groups is 2. The van der Waals surface area contributed by atoms with Gasteiger partial charge in [-0.25, -0.2) is 9.97 Å². The molecule has 15 heavy (non-hydrogen) atoms. The Bertz CT molecular complexity index is 370. The fraction of sp³-hybridized carbons (Fsp3) is 0.143. The molecule has 1 aromatic heterocycles. The van der Waals surface area contributed by atoms with E-state index in [-0.39, 0.29) is 22.9 Å². The van der Waals surface area contributed by atoms with E-state index in [9.17, 15) is 13.5 Å². The zero-order chi connectivity index (χ0) is 11.3. The van der Waals surface area contributed by atoms with E-state index in [1.54, 1.807) is 0 Å². The minimum absolute atomic E-state index is 0.0778. The van der Waals surface area contributed by atoms with E-state index in [1.165, 1.54) is 0 Å². The molecule has 2 N–H and O–H groups in total. The highest BCUT2D eigenvalue weighted by Gasteiger charge is 2.08. The van der Waals surface area contributed by atoms with E-state index in [1.807, 2.05) is 0 Å². The average molecular weight is 231 g/mol. The molecule has 0 fully saturated rings. The van der Waals surface area contributed by atoms with E-state index < -0.39 is 18.4 Å². The first-order chi connectivity index (χ1) is 7.13. The summed E-state index contributed by atoms with van der Waals surface area (Å²) in [5.41, 5.74) is 0.0778. The van der Waals surface area contributed by atoms with Gasteiger partial charge in [0, 0.05) is 12.4 Å². The van der Waals surface area contributed by atoms with Crippen molar-refractivity contribution < 1.29 is 18.6 Å². The third-order valence-electron chi connectivity index (χ3n) is 1.36. The molecule has 0 saturated carbocycles. The van der Waals surface area contributed by atoms with Gasteiger partial charge in [0.1, 0.15) is 18.7 Å². The van der Waals surface area contributed by atoms with Crippen LogP contribution in [0, 0.1) is 0 Å². The lowest BCUT2D eigenvalue weighted by Gasteiger charge is -2.00. The van der Waals surface area contributed by atoms with Crippen LogP contribution in [0.4, 0.5) is 3.89 Å². The maximum Gasteiger partial charge on any atom is 0.322 e. The Morgan fingerprint density at radius 2 is 2.07 bits per heavy atom. The Hall–Kier alpha value is -1.70. The van der Waals surface area contributed by atoms with Crippen molar-refractivity contribution in [1.82, 2.24) is 15.3 Å². The number of aromatic nitrogens is 2. The second-order valence-corrected chi connectivity index (χ2v) is 2.93. The summed E-state index contributed by atoms with van der Waals surface area (Å²) in [7, 11) is 0. The predicted molar refractivity (Wildman–Crippen MR) is 49.0 cm³/mol. The van der Waals surface area contributed by atoms with Gasteiger partial charge in [0.15, 0.2) is 0 Å². The summed E-state index contributed by atoms with van der Waals surface area (Å²) in [6.45, 7) is -0.488. The zero-order valence-electron chi connectivity index (χ0n) is 7.31. The quantitative estimate of drug-likeness (QED) is 0.722. The van der Waals surface area contributed by atoms with Gasteiger partial charge in [-0.1, -0.05) is 0 Å². The molecule has 0 bridgehead atoms. The Kier molecular flexibility index (Phi) is 3.98. The van der Waals surface area contributed by atoms with Crippen molar-refractivity contribution in [2.24, 2.45) is 0 Å². The molecule has 0 aliphatic heterocycles. The van der Waals surface area contributed by atoms with Gasteiger partial charge in [-0.2, -0.15) is 3.89 Å². The second-order valence-electron chi connectivity index (χ2n) is 2.41. The smallest absolute Gasteiger partial charge is 0.322 e. The number of amides is 1. The molecule has 0 aliphatic rings. The molecule has 0 radical (unpaired) electrons. The van der Waals surface area contributed by atoms with Crippen molar-refractivity contribution in [3.8, 4) is 0 Å². The predicted octanol–water partition coefficient (Wildman–Crippen LogP) is 0.268. The van der Waals surface area contributed by atoms with Crippen LogP contribution in [0.5, 0.6) is 0 Å². The lowest BCUT2D eigenvalue weighted by Crippen LogP contribution is -2.29. The molecule has 1 amide bonds. The van der Waals surface area contributed by atoms with Gasteiger partial charge in [0.25, 0.3) is 5.91 Å². The Balaban J connectivity index is 2.62. The van der Waals surface area contributed by atoms with Crippen LogP contribution in [-0.4, -0.2) is 33.5 Å². The molecule has 8 heteroatoms. The Morgan fingerprint density at radius 3 is 2.53 bits per heavy atom. The zero-order valence-corrected chi connectivity index (χ0v) is 8.12. The molecule has 0 aromatic carbocycles. The first-order valence-corrected chi connectivity index (χ1v) is 4.46. The molecule has 80 valence electrons. The topological polar surface area (TPSA) is 92.2 Å². The van der Waals surface area contributed by atoms with Gasteiger partial charge in [0.2, 0.25) is 5.16 Å². The monoisotopic (exact) mass is 231 g/mol. The highest BCUT2D eigenvalue weighted by molar-refractivity contribution is 7.94. The number of nitrogens with zero attached hydrogens (tertiary/aromatic N) is 2. The summed E-state index contributed by atoms with van der Waals surface area (Å²) in [5, 5.41) is 10.3. The normalized spacial score (nSPS) is 9.67. The third-order valence-corrected chi connectivity index (χ3v) is 1.71. The second kappa shape index (κ2) is 5.25. The molecule has 6 nitrogen and oxygen atoms in total. The van der Waals surface area contributed by atoms with Gasteiger partial charge >= 0.3 is 5.97 Å². The number of nitrogens with one attached hydrogen (secondary N) is 1. The summed E-state index contributed by atoms with van der Waals surface area (Å²) in [5.74, 6) is -1.77. The van der Waals surface area contributed by atoms with Crippen LogP contribution in [0.25, 0.3) is 0 Å². The lowest BCUT2D eigenvalue weighted by molar-refractivity contribution is -0.135. The van der Waals surface area contributed by atoms with Gasteiger partial charge in [0.05, 0.1) is 5.56 Å². The number of carboxylic acids is 1. The Morgan fingerprint density at radius 1 is 1.47 bits per heavy atom. The van der Waals surface area contributed by atoms with Gasteiger partial charge < -0.3 is 10.4 Å². The molecule has 0 spiro atoms. The summed E-state index contributed by atoms with van der Waals surface area (Å²) in [6.07, 6.45) is 2.23. The van der Waals surface area contributed by atoms with E-state index >= 15 is 0 Å². The number of carbonyl (C=O) groups excluding carboxylic acids is 1. The highest BCUT2D eigenvalue weighted by atomic mass is 32.2. The SMILES string of the molecule is O=C(O)CNC(=O)c1cnc(SF)nc1. The summed E-state index contributed by atoms with van der Waals surface area (Å²) < 4.78 is 11.9. The minimum atomic E-state index is -1.15. The molecule has 0 unspecified atom stereocenters. The fourth-order valence-electron chi connectivity index (χ4n) is 0.731. The number of hydrogen-bond acceptors (Lipinski definition) is 5. The average Bonchev–Trinajstić information content (AvgIpc) is 2.26.